The van der Waals surface area contributed by atoms with E-state index in [1.54, 1.807) is 0 Å². The Morgan fingerprint density at radius 2 is 1.58 bits per heavy atom. The van der Waals surface area contributed by atoms with Gasteiger partial charge in [0.05, 0.1) is 7.11 Å². The summed E-state index contributed by atoms with van der Waals surface area (Å²) in [5, 5.41) is 0. The maximum atomic E-state index is 5.77. The fourth-order valence-electron chi connectivity index (χ4n) is 5.78. The van der Waals surface area contributed by atoms with E-state index in [9.17, 15) is 0 Å². The molecular weight excluding hydrogens is 232 g/mol. The summed E-state index contributed by atoms with van der Waals surface area (Å²) in [4.78, 5) is 0. The van der Waals surface area contributed by atoms with Crippen LogP contribution in [0.3, 0.4) is 0 Å². The SMILES string of the molecule is COc1c(C)cccc1C12CC3CC(CC(C3)C1)C2. The van der Waals surface area contributed by atoms with Gasteiger partial charge in [0.1, 0.15) is 5.75 Å². The monoisotopic (exact) mass is 256 g/mol. The Kier molecular flexibility index (Phi) is 2.49. The van der Waals surface area contributed by atoms with Crippen molar-refractivity contribution in [3.05, 3.63) is 29.3 Å². The van der Waals surface area contributed by atoms with Crippen LogP contribution in [-0.2, 0) is 5.41 Å². The Hall–Kier alpha value is -0.980. The number of para-hydroxylation sites is 1. The number of methoxy groups -OCH3 is 1. The van der Waals surface area contributed by atoms with Crippen molar-refractivity contribution in [1.82, 2.24) is 0 Å². The predicted octanol–water partition coefficient (Wildman–Crippen LogP) is 4.47. The molecular formula is C18H24O. The molecule has 1 aromatic rings. The molecule has 0 amide bonds. The first-order valence-corrected chi connectivity index (χ1v) is 7.84. The van der Waals surface area contributed by atoms with Crippen molar-refractivity contribution < 1.29 is 4.74 Å². The molecule has 1 heteroatoms. The molecule has 4 aliphatic rings. The number of hydrogen-bond acceptors (Lipinski definition) is 1. The van der Waals surface area contributed by atoms with Gasteiger partial charge in [-0.3, -0.25) is 0 Å². The highest BCUT2D eigenvalue weighted by molar-refractivity contribution is 5.46. The van der Waals surface area contributed by atoms with E-state index >= 15 is 0 Å². The summed E-state index contributed by atoms with van der Waals surface area (Å²) < 4.78 is 5.77. The molecule has 1 aromatic carbocycles. The summed E-state index contributed by atoms with van der Waals surface area (Å²) in [6, 6.07) is 6.76. The normalized spacial score (nSPS) is 39.6. The molecule has 4 aliphatic carbocycles. The van der Waals surface area contributed by atoms with Gasteiger partial charge in [0.15, 0.2) is 0 Å². The molecule has 4 saturated carbocycles. The van der Waals surface area contributed by atoms with E-state index in [4.69, 9.17) is 4.74 Å². The molecule has 0 unspecified atom stereocenters. The highest BCUT2D eigenvalue weighted by Gasteiger charge is 2.52. The minimum absolute atomic E-state index is 0.451. The Morgan fingerprint density at radius 1 is 1.00 bits per heavy atom. The van der Waals surface area contributed by atoms with Crippen LogP contribution in [0.4, 0.5) is 0 Å². The molecule has 0 spiro atoms. The lowest BCUT2D eigenvalue weighted by atomic mass is 9.48. The van der Waals surface area contributed by atoms with Crippen LogP contribution in [0.25, 0.3) is 0 Å². The van der Waals surface area contributed by atoms with Gasteiger partial charge in [-0.25, -0.2) is 0 Å². The molecule has 0 radical (unpaired) electrons. The second-order valence-corrected chi connectivity index (χ2v) is 7.35. The summed E-state index contributed by atoms with van der Waals surface area (Å²) in [5.41, 5.74) is 3.27. The van der Waals surface area contributed by atoms with Crippen molar-refractivity contribution in [3.63, 3.8) is 0 Å². The van der Waals surface area contributed by atoms with Crippen LogP contribution in [-0.4, -0.2) is 7.11 Å². The van der Waals surface area contributed by atoms with Crippen LogP contribution in [0, 0.1) is 24.7 Å². The van der Waals surface area contributed by atoms with Gasteiger partial charge in [-0.1, -0.05) is 18.2 Å². The van der Waals surface area contributed by atoms with E-state index in [-0.39, 0.29) is 0 Å². The molecule has 19 heavy (non-hydrogen) atoms. The average molecular weight is 256 g/mol. The van der Waals surface area contributed by atoms with E-state index in [1.165, 1.54) is 55.4 Å². The fourth-order valence-corrected chi connectivity index (χ4v) is 5.78. The van der Waals surface area contributed by atoms with Gasteiger partial charge in [-0.2, -0.15) is 0 Å². The third-order valence-electron chi connectivity index (χ3n) is 6.03. The number of benzene rings is 1. The Bertz CT molecular complexity index is 467. The summed E-state index contributed by atoms with van der Waals surface area (Å²) in [6.07, 6.45) is 8.77. The molecule has 5 rings (SSSR count). The van der Waals surface area contributed by atoms with Crippen molar-refractivity contribution >= 4 is 0 Å². The maximum Gasteiger partial charge on any atom is 0.125 e. The molecule has 0 aliphatic heterocycles. The highest BCUT2D eigenvalue weighted by atomic mass is 16.5. The molecule has 4 fully saturated rings. The molecule has 0 atom stereocenters. The van der Waals surface area contributed by atoms with E-state index in [1.807, 2.05) is 7.11 Å². The number of aryl methyl sites for hydroxylation is 1. The first-order valence-electron chi connectivity index (χ1n) is 7.84. The first kappa shape index (κ1) is 11.8. The minimum atomic E-state index is 0.451. The predicted molar refractivity (Wildman–Crippen MR) is 77.6 cm³/mol. The van der Waals surface area contributed by atoms with Crippen molar-refractivity contribution in [2.45, 2.75) is 50.9 Å². The number of ether oxygens (including phenoxy) is 1. The molecule has 4 bridgehead atoms. The van der Waals surface area contributed by atoms with E-state index in [0.29, 0.717) is 5.41 Å². The highest BCUT2D eigenvalue weighted by Crippen LogP contribution is 2.62. The Balaban J connectivity index is 1.81. The molecule has 102 valence electrons. The van der Waals surface area contributed by atoms with Crippen molar-refractivity contribution in [1.29, 1.82) is 0 Å². The minimum Gasteiger partial charge on any atom is -0.496 e. The van der Waals surface area contributed by atoms with Crippen LogP contribution in [0.1, 0.15) is 49.7 Å². The van der Waals surface area contributed by atoms with Crippen LogP contribution >= 0.6 is 0 Å². The summed E-state index contributed by atoms with van der Waals surface area (Å²) in [5.74, 6) is 4.16. The molecule has 0 N–H and O–H groups in total. The summed E-state index contributed by atoms with van der Waals surface area (Å²) >= 11 is 0. The zero-order valence-corrected chi connectivity index (χ0v) is 12.1. The van der Waals surface area contributed by atoms with Crippen LogP contribution in [0.2, 0.25) is 0 Å². The lowest BCUT2D eigenvalue weighted by Crippen LogP contribution is -2.48. The Morgan fingerprint density at radius 3 is 2.11 bits per heavy atom. The topological polar surface area (TPSA) is 9.23 Å². The summed E-state index contributed by atoms with van der Waals surface area (Å²) in [7, 11) is 1.84. The van der Waals surface area contributed by atoms with Gasteiger partial charge in [0.25, 0.3) is 0 Å². The van der Waals surface area contributed by atoms with Gasteiger partial charge >= 0.3 is 0 Å². The molecule has 0 heterocycles. The number of rotatable bonds is 2. The standard InChI is InChI=1S/C18H24O/c1-12-4-3-5-16(17(12)19-2)18-9-13-6-14(10-18)8-15(7-13)11-18/h3-5,13-15H,6-11H2,1-2H3. The van der Waals surface area contributed by atoms with Gasteiger partial charge < -0.3 is 4.74 Å². The lowest BCUT2D eigenvalue weighted by Gasteiger charge is -2.57. The third-order valence-corrected chi connectivity index (χ3v) is 6.03. The van der Waals surface area contributed by atoms with Crippen molar-refractivity contribution in [3.8, 4) is 5.75 Å². The Labute approximate surface area is 116 Å². The second-order valence-electron chi connectivity index (χ2n) is 7.35. The zero-order valence-electron chi connectivity index (χ0n) is 12.1. The molecule has 1 nitrogen and oxygen atoms in total. The van der Waals surface area contributed by atoms with E-state index in [0.717, 1.165) is 17.8 Å². The van der Waals surface area contributed by atoms with Crippen molar-refractivity contribution in [2.75, 3.05) is 7.11 Å². The zero-order chi connectivity index (χ0) is 13.0. The quantitative estimate of drug-likeness (QED) is 0.758. The van der Waals surface area contributed by atoms with Gasteiger partial charge in [0.2, 0.25) is 0 Å². The van der Waals surface area contributed by atoms with Gasteiger partial charge in [0, 0.05) is 5.56 Å². The van der Waals surface area contributed by atoms with Crippen LogP contribution in [0.5, 0.6) is 5.75 Å². The van der Waals surface area contributed by atoms with Crippen molar-refractivity contribution in [2.24, 2.45) is 17.8 Å². The van der Waals surface area contributed by atoms with Gasteiger partial charge in [-0.05, 0) is 74.2 Å². The fraction of sp³-hybridized carbons (Fsp3) is 0.667. The second kappa shape index (κ2) is 4.01. The first-order chi connectivity index (χ1) is 9.20. The summed E-state index contributed by atoms with van der Waals surface area (Å²) in [6.45, 7) is 2.18. The third kappa shape index (κ3) is 1.67. The average Bonchev–Trinajstić information content (AvgIpc) is 2.36. The van der Waals surface area contributed by atoms with Gasteiger partial charge in [-0.15, -0.1) is 0 Å². The maximum absolute atomic E-state index is 5.77. The van der Waals surface area contributed by atoms with E-state index < -0.39 is 0 Å². The van der Waals surface area contributed by atoms with Crippen LogP contribution < -0.4 is 4.74 Å². The van der Waals surface area contributed by atoms with E-state index in [2.05, 4.69) is 25.1 Å². The van der Waals surface area contributed by atoms with Crippen LogP contribution in [0.15, 0.2) is 18.2 Å². The smallest absolute Gasteiger partial charge is 0.125 e. The molecule has 0 aromatic heterocycles. The molecule has 0 saturated heterocycles. The lowest BCUT2D eigenvalue weighted by molar-refractivity contribution is -0.00619. The number of hydrogen-bond donors (Lipinski definition) is 0. The largest absolute Gasteiger partial charge is 0.496 e.